The Morgan fingerprint density at radius 1 is 1.11 bits per heavy atom. The van der Waals surface area contributed by atoms with Gasteiger partial charge in [-0.25, -0.2) is 4.98 Å². The smallest absolute Gasteiger partial charge is 0.257 e. The molecular weight excluding hydrogens is 456 g/mol. The minimum atomic E-state index is -0.302. The van der Waals surface area contributed by atoms with Crippen LogP contribution in [0.3, 0.4) is 0 Å². The first-order valence-electron chi connectivity index (χ1n) is 12.2. The minimum absolute atomic E-state index is 0.0850. The largest absolute Gasteiger partial charge is 0.339 e. The third-order valence-electron chi connectivity index (χ3n) is 6.65. The molecule has 10 heteroatoms. The molecule has 0 aliphatic carbocycles. The summed E-state index contributed by atoms with van der Waals surface area (Å²) in [6, 6.07) is 5.88. The molecule has 1 unspecified atom stereocenters. The van der Waals surface area contributed by atoms with Crippen molar-refractivity contribution >= 4 is 34.2 Å². The van der Waals surface area contributed by atoms with Crippen LogP contribution in [0.5, 0.6) is 0 Å². The van der Waals surface area contributed by atoms with Crippen molar-refractivity contribution in [1.82, 2.24) is 29.6 Å². The van der Waals surface area contributed by atoms with Gasteiger partial charge in [-0.2, -0.15) is 5.10 Å². The van der Waals surface area contributed by atoms with Crippen molar-refractivity contribution in [2.24, 2.45) is 7.05 Å². The van der Waals surface area contributed by atoms with E-state index in [2.05, 4.69) is 42.5 Å². The summed E-state index contributed by atoms with van der Waals surface area (Å²) in [7, 11) is 1.86. The summed E-state index contributed by atoms with van der Waals surface area (Å²) in [6.45, 7) is 5.25. The second-order valence-electron chi connectivity index (χ2n) is 9.42. The van der Waals surface area contributed by atoms with E-state index in [1.54, 1.807) is 29.2 Å². The van der Waals surface area contributed by atoms with Crippen molar-refractivity contribution in [3.63, 3.8) is 0 Å². The summed E-state index contributed by atoms with van der Waals surface area (Å²) in [5.74, 6) is -0.387. The van der Waals surface area contributed by atoms with Crippen molar-refractivity contribution in [3.05, 3.63) is 54.2 Å². The van der Waals surface area contributed by atoms with Gasteiger partial charge in [0.2, 0.25) is 5.91 Å². The number of aromatic nitrogens is 5. The van der Waals surface area contributed by atoms with Crippen molar-refractivity contribution in [1.29, 1.82) is 0 Å². The first-order chi connectivity index (χ1) is 17.4. The molecule has 2 amide bonds. The van der Waals surface area contributed by atoms with Gasteiger partial charge in [0.05, 0.1) is 47.3 Å². The monoisotopic (exact) mass is 486 g/mol. The average Bonchev–Trinajstić information content (AvgIpc) is 3.48. The van der Waals surface area contributed by atoms with E-state index in [4.69, 9.17) is 0 Å². The molecule has 1 saturated heterocycles. The lowest BCUT2D eigenvalue weighted by atomic mass is 10.0. The lowest BCUT2D eigenvalue weighted by Gasteiger charge is -2.32. The Kier molecular flexibility index (Phi) is 6.51. The Labute approximate surface area is 209 Å². The highest BCUT2D eigenvalue weighted by Crippen LogP contribution is 2.24. The number of aromatic amines is 1. The highest BCUT2D eigenvalue weighted by Gasteiger charge is 2.21. The number of anilines is 2. The van der Waals surface area contributed by atoms with Crippen molar-refractivity contribution in [2.45, 2.75) is 39.2 Å². The molecule has 0 spiro atoms. The van der Waals surface area contributed by atoms with Crippen LogP contribution in [0.2, 0.25) is 0 Å². The van der Waals surface area contributed by atoms with E-state index in [0.29, 0.717) is 40.9 Å². The molecule has 1 atom stereocenters. The van der Waals surface area contributed by atoms with Crippen LogP contribution in [0.25, 0.3) is 22.3 Å². The SMILES string of the molecule is Cc1ncc(NC(=O)CN2CCCCC2C)cc1NC(=O)c1cnc2[nH]c(-c3cnn(C)c3)cc2c1. The first-order valence-corrected chi connectivity index (χ1v) is 12.2. The number of likely N-dealkylation sites (tertiary alicyclic amines) is 1. The van der Waals surface area contributed by atoms with Gasteiger partial charge in [0.15, 0.2) is 0 Å². The summed E-state index contributed by atoms with van der Waals surface area (Å²) >= 11 is 0. The fraction of sp³-hybridized carbons (Fsp3) is 0.346. The molecule has 1 fully saturated rings. The Balaban J connectivity index is 1.28. The van der Waals surface area contributed by atoms with Crippen molar-refractivity contribution in [2.75, 3.05) is 23.7 Å². The van der Waals surface area contributed by atoms with Crippen LogP contribution >= 0.6 is 0 Å². The van der Waals surface area contributed by atoms with Gasteiger partial charge < -0.3 is 15.6 Å². The van der Waals surface area contributed by atoms with Gasteiger partial charge in [-0.15, -0.1) is 0 Å². The Morgan fingerprint density at radius 3 is 2.75 bits per heavy atom. The van der Waals surface area contributed by atoms with Gasteiger partial charge in [-0.05, 0) is 51.4 Å². The van der Waals surface area contributed by atoms with Gasteiger partial charge in [0, 0.05) is 36.4 Å². The van der Waals surface area contributed by atoms with Gasteiger partial charge in [0.25, 0.3) is 5.91 Å². The predicted molar refractivity (Wildman–Crippen MR) is 139 cm³/mol. The molecule has 4 aromatic heterocycles. The first kappa shape index (κ1) is 23.7. The summed E-state index contributed by atoms with van der Waals surface area (Å²) in [4.78, 5) is 39.9. The maximum atomic E-state index is 13.0. The number of hydrogen-bond donors (Lipinski definition) is 3. The maximum Gasteiger partial charge on any atom is 0.257 e. The highest BCUT2D eigenvalue weighted by molar-refractivity contribution is 6.06. The standard InChI is InChI=1S/C26H30N8O2/c1-16-6-4-5-7-34(16)15-24(35)30-21-10-22(17(2)27-13-21)32-26(36)19-8-18-9-23(31-25(18)28-11-19)20-12-29-33(3)14-20/h8-14,16H,4-7,15H2,1-3H3,(H,28,31)(H,30,35)(H,32,36). The molecule has 5 heterocycles. The van der Waals surface area contributed by atoms with E-state index in [9.17, 15) is 9.59 Å². The minimum Gasteiger partial charge on any atom is -0.339 e. The number of carbonyl (C=O) groups is 2. The lowest BCUT2D eigenvalue weighted by Crippen LogP contribution is -2.42. The second-order valence-corrected chi connectivity index (χ2v) is 9.42. The molecular formula is C26H30N8O2. The number of nitrogens with zero attached hydrogens (tertiary/aromatic N) is 5. The number of rotatable bonds is 6. The number of hydrogen-bond acceptors (Lipinski definition) is 6. The molecule has 186 valence electrons. The molecule has 36 heavy (non-hydrogen) atoms. The number of pyridine rings is 2. The third-order valence-corrected chi connectivity index (χ3v) is 6.65. The summed E-state index contributed by atoms with van der Waals surface area (Å²) < 4.78 is 1.73. The highest BCUT2D eigenvalue weighted by atomic mass is 16.2. The molecule has 0 bridgehead atoms. The molecule has 3 N–H and O–H groups in total. The van der Waals surface area contributed by atoms with Crippen LogP contribution in [0.4, 0.5) is 11.4 Å². The number of piperidine rings is 1. The van der Waals surface area contributed by atoms with Crippen LogP contribution in [0, 0.1) is 6.92 Å². The molecule has 10 nitrogen and oxygen atoms in total. The molecule has 4 aromatic rings. The van der Waals surface area contributed by atoms with Crippen LogP contribution in [-0.2, 0) is 11.8 Å². The van der Waals surface area contributed by atoms with Gasteiger partial charge in [-0.3, -0.25) is 24.2 Å². The Bertz CT molecular complexity index is 1420. The molecule has 0 aromatic carbocycles. The number of nitrogens with one attached hydrogen (secondary N) is 3. The van der Waals surface area contributed by atoms with E-state index >= 15 is 0 Å². The van der Waals surface area contributed by atoms with Crippen LogP contribution < -0.4 is 10.6 Å². The Morgan fingerprint density at radius 2 is 1.97 bits per heavy atom. The van der Waals surface area contributed by atoms with Crippen LogP contribution in [0.15, 0.2) is 43.0 Å². The summed E-state index contributed by atoms with van der Waals surface area (Å²) in [5, 5.41) is 10.8. The predicted octanol–water partition coefficient (Wildman–Crippen LogP) is 3.73. The van der Waals surface area contributed by atoms with E-state index in [1.807, 2.05) is 26.2 Å². The number of carbonyl (C=O) groups excluding carboxylic acids is 2. The molecule has 0 saturated carbocycles. The maximum absolute atomic E-state index is 13.0. The van der Waals surface area contributed by atoms with E-state index in [1.165, 1.54) is 12.6 Å². The zero-order valence-electron chi connectivity index (χ0n) is 20.7. The van der Waals surface area contributed by atoms with Crippen molar-refractivity contribution < 1.29 is 9.59 Å². The quantitative estimate of drug-likeness (QED) is 0.382. The van der Waals surface area contributed by atoms with E-state index in [0.717, 1.165) is 36.0 Å². The summed E-state index contributed by atoms with van der Waals surface area (Å²) in [6.07, 6.45) is 10.3. The molecule has 1 aliphatic rings. The number of amides is 2. The van der Waals surface area contributed by atoms with E-state index < -0.39 is 0 Å². The second kappa shape index (κ2) is 9.90. The number of H-pyrrole nitrogens is 1. The topological polar surface area (TPSA) is 121 Å². The van der Waals surface area contributed by atoms with Crippen molar-refractivity contribution in [3.8, 4) is 11.3 Å². The number of fused-ring (bicyclic) bond motifs is 1. The van der Waals surface area contributed by atoms with Crippen LogP contribution in [0.1, 0.15) is 42.2 Å². The zero-order valence-corrected chi connectivity index (χ0v) is 20.7. The zero-order chi connectivity index (χ0) is 25.2. The molecule has 0 radical (unpaired) electrons. The molecule has 1 aliphatic heterocycles. The van der Waals surface area contributed by atoms with Gasteiger partial charge in [0.1, 0.15) is 5.65 Å². The van der Waals surface area contributed by atoms with Gasteiger partial charge in [-0.1, -0.05) is 6.42 Å². The van der Waals surface area contributed by atoms with E-state index in [-0.39, 0.29) is 11.8 Å². The van der Waals surface area contributed by atoms with Crippen LogP contribution in [-0.4, -0.2) is 60.6 Å². The summed E-state index contributed by atoms with van der Waals surface area (Å²) in [5.41, 5.74) is 4.67. The normalized spacial score (nSPS) is 16.2. The Hall–Kier alpha value is -4.05. The lowest BCUT2D eigenvalue weighted by molar-refractivity contribution is -0.118. The average molecular weight is 487 g/mol. The third kappa shape index (κ3) is 5.13. The molecule has 5 rings (SSSR count). The van der Waals surface area contributed by atoms with Gasteiger partial charge >= 0.3 is 0 Å². The fourth-order valence-electron chi connectivity index (χ4n) is 4.56. The fourth-order valence-corrected chi connectivity index (χ4v) is 4.56. The number of aryl methyl sites for hydroxylation is 2.